The molecule has 7 heteroatoms. The smallest absolute Gasteiger partial charge is 0.297 e. The van der Waals surface area contributed by atoms with Crippen molar-refractivity contribution >= 4 is 40.2 Å². The molecule has 1 fully saturated rings. The lowest BCUT2D eigenvalue weighted by atomic mass is 10.2. The summed E-state index contributed by atoms with van der Waals surface area (Å²) in [7, 11) is 0. The zero-order valence-corrected chi connectivity index (χ0v) is 12.9. The third-order valence-corrected chi connectivity index (χ3v) is 6.04. The summed E-state index contributed by atoms with van der Waals surface area (Å²) < 4.78 is 25.8. The third-order valence-electron chi connectivity index (χ3n) is 3.20. The molecule has 0 spiro atoms. The first-order valence-electron chi connectivity index (χ1n) is 6.72. The van der Waals surface area contributed by atoms with Crippen molar-refractivity contribution in [2.24, 2.45) is 0 Å². The number of rotatable bonds is 4. The average Bonchev–Trinajstić information content (AvgIpc) is 2.53. The molecule has 0 amide bonds. The molecule has 1 N–H and O–H groups in total. The predicted octanol–water partition coefficient (Wildman–Crippen LogP) is 3.83. The largest absolute Gasteiger partial charge is 0.368 e. The maximum absolute atomic E-state index is 12.9. The minimum absolute atomic E-state index is 0.415. The number of thioether (sulfide) groups is 2. The molecular formula is C14H15F2N3S2. The van der Waals surface area contributed by atoms with Gasteiger partial charge in [0.2, 0.25) is 0 Å². The average molecular weight is 327 g/mol. The van der Waals surface area contributed by atoms with Gasteiger partial charge in [0.25, 0.3) is 6.43 Å². The fourth-order valence-corrected chi connectivity index (χ4v) is 4.80. The lowest BCUT2D eigenvalue weighted by molar-refractivity contribution is 0.141. The van der Waals surface area contributed by atoms with Gasteiger partial charge in [0.1, 0.15) is 5.82 Å². The van der Waals surface area contributed by atoms with Gasteiger partial charge >= 0.3 is 0 Å². The van der Waals surface area contributed by atoms with Gasteiger partial charge in [-0.2, -0.15) is 23.5 Å². The summed E-state index contributed by atoms with van der Waals surface area (Å²) in [5.74, 6) is 3.51. The lowest BCUT2D eigenvalue weighted by Crippen LogP contribution is -2.23. The summed E-state index contributed by atoms with van der Waals surface area (Å²) in [5, 5.41) is 4.51. The Bertz CT molecular complexity index is 618. The van der Waals surface area contributed by atoms with Crippen LogP contribution >= 0.6 is 23.5 Å². The molecule has 1 aromatic heterocycles. The van der Waals surface area contributed by atoms with Crippen molar-refractivity contribution in [2.75, 3.05) is 29.1 Å². The van der Waals surface area contributed by atoms with Crippen molar-refractivity contribution in [2.45, 2.75) is 11.7 Å². The molecule has 1 unspecified atom stereocenters. The summed E-state index contributed by atoms with van der Waals surface area (Å²) in [6.45, 7) is 0.737. The van der Waals surface area contributed by atoms with Gasteiger partial charge in [-0.3, -0.25) is 0 Å². The van der Waals surface area contributed by atoms with Gasteiger partial charge in [0, 0.05) is 34.4 Å². The second-order valence-electron chi connectivity index (χ2n) is 4.70. The molecule has 1 saturated heterocycles. The Labute approximate surface area is 130 Å². The molecule has 3 nitrogen and oxygen atoms in total. The lowest BCUT2D eigenvalue weighted by Gasteiger charge is -2.21. The standard InChI is InChI=1S/C14H15F2N3S2/c15-12(16)14-18-11-4-2-1-3-10(11)13(19-14)17-7-9-8-20-5-6-21-9/h1-4,9,12H,5-8H2,(H,17,18,19). The van der Waals surface area contributed by atoms with Crippen LogP contribution in [0.2, 0.25) is 0 Å². The number of hydrogen-bond donors (Lipinski definition) is 1. The van der Waals surface area contributed by atoms with E-state index in [1.165, 1.54) is 5.75 Å². The van der Waals surface area contributed by atoms with E-state index in [2.05, 4.69) is 15.3 Å². The highest BCUT2D eigenvalue weighted by Crippen LogP contribution is 2.27. The Morgan fingerprint density at radius 1 is 1.24 bits per heavy atom. The highest BCUT2D eigenvalue weighted by Gasteiger charge is 2.17. The van der Waals surface area contributed by atoms with Crippen LogP contribution in [0.5, 0.6) is 0 Å². The Balaban J connectivity index is 1.85. The molecule has 2 heterocycles. The Morgan fingerprint density at radius 2 is 2.10 bits per heavy atom. The van der Waals surface area contributed by atoms with Gasteiger partial charge in [-0.15, -0.1) is 0 Å². The number of hydrogen-bond acceptors (Lipinski definition) is 5. The summed E-state index contributed by atoms with van der Waals surface area (Å²) >= 11 is 3.86. The van der Waals surface area contributed by atoms with Crippen molar-refractivity contribution in [1.82, 2.24) is 9.97 Å². The number of nitrogens with one attached hydrogen (secondary N) is 1. The highest BCUT2D eigenvalue weighted by molar-refractivity contribution is 8.06. The summed E-state index contributed by atoms with van der Waals surface area (Å²) in [5.41, 5.74) is 0.552. The number of nitrogens with zero attached hydrogens (tertiary/aromatic N) is 2. The fraction of sp³-hybridized carbons (Fsp3) is 0.429. The van der Waals surface area contributed by atoms with E-state index in [-0.39, 0.29) is 0 Å². The number of anilines is 1. The van der Waals surface area contributed by atoms with E-state index in [0.29, 0.717) is 16.6 Å². The molecule has 1 aromatic carbocycles. The second-order valence-corrected chi connectivity index (χ2v) is 7.25. The van der Waals surface area contributed by atoms with Crippen LogP contribution in [-0.2, 0) is 0 Å². The first kappa shape index (κ1) is 14.8. The van der Waals surface area contributed by atoms with E-state index in [1.54, 1.807) is 12.1 Å². The molecule has 21 heavy (non-hydrogen) atoms. The summed E-state index contributed by atoms with van der Waals surface area (Å²) in [4.78, 5) is 7.92. The quantitative estimate of drug-likeness (QED) is 0.924. The molecule has 0 aliphatic carbocycles. The van der Waals surface area contributed by atoms with Gasteiger partial charge in [-0.1, -0.05) is 12.1 Å². The van der Waals surface area contributed by atoms with Crippen LogP contribution in [0, 0.1) is 0 Å². The SMILES string of the molecule is FC(F)c1nc(NCC2CSCCS2)c2ccccc2n1. The molecule has 3 rings (SSSR count). The van der Waals surface area contributed by atoms with Crippen LogP contribution in [0.15, 0.2) is 24.3 Å². The first-order chi connectivity index (χ1) is 10.2. The number of para-hydroxylation sites is 1. The molecule has 1 aliphatic rings. The number of benzene rings is 1. The van der Waals surface area contributed by atoms with E-state index >= 15 is 0 Å². The zero-order chi connectivity index (χ0) is 14.7. The third kappa shape index (κ3) is 3.58. The monoisotopic (exact) mass is 327 g/mol. The number of alkyl halides is 2. The highest BCUT2D eigenvalue weighted by atomic mass is 32.2. The Hall–Kier alpha value is -1.08. The Kier molecular flexibility index (Phi) is 4.80. The fourth-order valence-electron chi connectivity index (χ4n) is 2.19. The normalized spacial score (nSPS) is 19.1. The van der Waals surface area contributed by atoms with Crippen molar-refractivity contribution in [3.05, 3.63) is 30.1 Å². The van der Waals surface area contributed by atoms with Gasteiger partial charge < -0.3 is 5.32 Å². The summed E-state index contributed by atoms with van der Waals surface area (Å²) in [6.07, 6.45) is -2.66. The zero-order valence-electron chi connectivity index (χ0n) is 11.3. The predicted molar refractivity (Wildman–Crippen MR) is 86.6 cm³/mol. The van der Waals surface area contributed by atoms with Gasteiger partial charge in [0.05, 0.1) is 5.52 Å². The van der Waals surface area contributed by atoms with E-state index in [1.807, 2.05) is 35.7 Å². The van der Waals surface area contributed by atoms with E-state index in [9.17, 15) is 8.78 Å². The van der Waals surface area contributed by atoms with Crippen LogP contribution in [0.3, 0.4) is 0 Å². The molecule has 1 aliphatic heterocycles. The summed E-state index contributed by atoms with van der Waals surface area (Å²) in [6, 6.07) is 7.25. The number of fused-ring (bicyclic) bond motifs is 1. The van der Waals surface area contributed by atoms with E-state index in [4.69, 9.17) is 0 Å². The Morgan fingerprint density at radius 3 is 2.86 bits per heavy atom. The van der Waals surface area contributed by atoms with Crippen LogP contribution in [0.25, 0.3) is 10.9 Å². The van der Waals surface area contributed by atoms with Gasteiger partial charge in [0.15, 0.2) is 5.82 Å². The van der Waals surface area contributed by atoms with Crippen molar-refractivity contribution < 1.29 is 8.78 Å². The van der Waals surface area contributed by atoms with Crippen LogP contribution < -0.4 is 5.32 Å². The first-order valence-corrected chi connectivity index (χ1v) is 8.92. The molecule has 112 valence electrons. The number of halogens is 2. The van der Waals surface area contributed by atoms with Crippen LogP contribution in [-0.4, -0.2) is 39.0 Å². The van der Waals surface area contributed by atoms with Crippen LogP contribution in [0.1, 0.15) is 12.2 Å². The second kappa shape index (κ2) is 6.79. The van der Waals surface area contributed by atoms with Gasteiger partial charge in [-0.25, -0.2) is 18.7 Å². The minimum Gasteiger partial charge on any atom is -0.368 e. The maximum atomic E-state index is 12.9. The molecule has 1 atom stereocenters. The number of aromatic nitrogens is 2. The minimum atomic E-state index is -2.66. The van der Waals surface area contributed by atoms with Crippen molar-refractivity contribution in [3.63, 3.8) is 0 Å². The van der Waals surface area contributed by atoms with Crippen molar-refractivity contribution in [1.29, 1.82) is 0 Å². The van der Waals surface area contributed by atoms with E-state index in [0.717, 1.165) is 23.4 Å². The molecule has 0 bridgehead atoms. The van der Waals surface area contributed by atoms with Gasteiger partial charge in [-0.05, 0) is 12.1 Å². The van der Waals surface area contributed by atoms with Crippen molar-refractivity contribution in [3.8, 4) is 0 Å². The topological polar surface area (TPSA) is 37.8 Å². The molecule has 0 saturated carbocycles. The molecular weight excluding hydrogens is 312 g/mol. The molecule has 2 aromatic rings. The van der Waals surface area contributed by atoms with Crippen LogP contribution in [0.4, 0.5) is 14.6 Å². The molecule has 0 radical (unpaired) electrons. The maximum Gasteiger partial charge on any atom is 0.297 e. The van der Waals surface area contributed by atoms with E-state index < -0.39 is 12.2 Å².